The second-order valence-corrected chi connectivity index (χ2v) is 8.78. The summed E-state index contributed by atoms with van der Waals surface area (Å²) in [6.07, 6.45) is 0. The number of hydrogen-bond donors (Lipinski definition) is 3. The van der Waals surface area contributed by atoms with Crippen LogP contribution in [0.15, 0.2) is 64.4 Å². The van der Waals surface area contributed by atoms with E-state index in [9.17, 15) is 40.8 Å². The minimum absolute atomic E-state index is 0. The maximum Gasteiger partial charge on any atom is 0.295 e. The van der Waals surface area contributed by atoms with E-state index in [1.807, 2.05) is 0 Å². The second kappa shape index (κ2) is 10.7. The summed E-state index contributed by atoms with van der Waals surface area (Å²) < 4.78 is 65.8. The molecule has 3 N–H and O–H groups in total. The van der Waals surface area contributed by atoms with Crippen LogP contribution in [0.1, 0.15) is 10.4 Å². The molecular formula is C17H12N2Na2O9S2. The molecule has 0 atom stereocenters. The van der Waals surface area contributed by atoms with E-state index >= 15 is 0 Å². The predicted octanol–water partition coefficient (Wildman–Crippen LogP) is 1.73. The molecule has 0 fully saturated rings. The number of carbonyl (C=O) groups excluding carboxylic acids is 1. The molecule has 32 heavy (non-hydrogen) atoms. The van der Waals surface area contributed by atoms with Crippen molar-refractivity contribution in [3.63, 3.8) is 0 Å². The number of anilines is 1. The summed E-state index contributed by atoms with van der Waals surface area (Å²) in [5.74, 6) is -0.857. The zero-order chi connectivity index (χ0) is 22.3. The molecule has 3 aromatic rings. The van der Waals surface area contributed by atoms with Gasteiger partial charge in [0.15, 0.2) is 0 Å². The SMILES string of the molecule is O=C(Nc1ccc(S(=O)(=O)O)c2cccc(S(=O)(=O)O)c12)c1cccc([N+](=O)[O-])c1.[Na].[Na]. The Bertz CT molecular complexity index is 1430. The van der Waals surface area contributed by atoms with E-state index in [4.69, 9.17) is 0 Å². The van der Waals surface area contributed by atoms with Gasteiger partial charge in [-0.15, -0.1) is 0 Å². The average molecular weight is 498 g/mol. The summed E-state index contributed by atoms with van der Waals surface area (Å²) in [4.78, 5) is 21.4. The number of nitro benzene ring substituents is 1. The Morgan fingerprint density at radius 3 is 2.03 bits per heavy atom. The molecule has 0 aliphatic heterocycles. The van der Waals surface area contributed by atoms with Gasteiger partial charge in [-0.3, -0.25) is 24.0 Å². The Balaban J connectivity index is 0.00000256. The van der Waals surface area contributed by atoms with Gasteiger partial charge in [-0.25, -0.2) is 0 Å². The predicted molar refractivity (Wildman–Crippen MR) is 116 cm³/mol. The quantitative estimate of drug-likeness (QED) is 0.204. The third-order valence-electron chi connectivity index (χ3n) is 4.09. The molecule has 0 aliphatic rings. The molecule has 1 amide bonds. The number of benzene rings is 3. The Labute approximate surface area is 226 Å². The maximum atomic E-state index is 12.6. The molecule has 0 saturated carbocycles. The summed E-state index contributed by atoms with van der Waals surface area (Å²) in [5.41, 5.74) is -0.685. The van der Waals surface area contributed by atoms with E-state index in [0.29, 0.717) is 0 Å². The minimum Gasteiger partial charge on any atom is -0.321 e. The number of non-ortho nitro benzene ring substituents is 1. The van der Waals surface area contributed by atoms with Crippen LogP contribution in [-0.2, 0) is 20.2 Å². The van der Waals surface area contributed by atoms with Crippen LogP contribution >= 0.6 is 0 Å². The van der Waals surface area contributed by atoms with Gasteiger partial charge in [0, 0.05) is 87.6 Å². The first-order chi connectivity index (χ1) is 13.9. The Kier molecular flexibility index (Phi) is 9.57. The van der Waals surface area contributed by atoms with Crippen LogP contribution in [0.25, 0.3) is 10.8 Å². The molecule has 3 aromatic carbocycles. The van der Waals surface area contributed by atoms with Gasteiger partial charge in [0.1, 0.15) is 9.79 Å². The third kappa shape index (κ3) is 6.14. The van der Waals surface area contributed by atoms with Crippen molar-refractivity contribution in [2.75, 3.05) is 5.32 Å². The van der Waals surface area contributed by atoms with E-state index in [1.165, 1.54) is 24.3 Å². The molecule has 0 bridgehead atoms. The van der Waals surface area contributed by atoms with E-state index < -0.39 is 40.9 Å². The monoisotopic (exact) mass is 498 g/mol. The van der Waals surface area contributed by atoms with Crippen LogP contribution in [-0.4, -0.2) is 95.9 Å². The number of rotatable bonds is 5. The first kappa shape index (κ1) is 28.6. The smallest absolute Gasteiger partial charge is 0.295 e. The van der Waals surface area contributed by atoms with Crippen molar-refractivity contribution < 1.29 is 35.7 Å². The number of hydrogen-bond acceptors (Lipinski definition) is 7. The van der Waals surface area contributed by atoms with Crippen LogP contribution in [0.3, 0.4) is 0 Å². The van der Waals surface area contributed by atoms with Crippen molar-refractivity contribution in [2.24, 2.45) is 0 Å². The fraction of sp³-hybridized carbons (Fsp3) is 0. The van der Waals surface area contributed by atoms with Crippen LogP contribution in [0.2, 0.25) is 0 Å². The zero-order valence-electron chi connectivity index (χ0n) is 16.7. The first-order valence-electron chi connectivity index (χ1n) is 7.96. The van der Waals surface area contributed by atoms with Crippen LogP contribution in [0.4, 0.5) is 11.4 Å². The van der Waals surface area contributed by atoms with Gasteiger partial charge >= 0.3 is 0 Å². The van der Waals surface area contributed by atoms with E-state index in [0.717, 1.165) is 30.3 Å². The summed E-state index contributed by atoms with van der Waals surface area (Å²) in [7, 11) is -9.62. The van der Waals surface area contributed by atoms with Crippen molar-refractivity contribution in [3.8, 4) is 0 Å². The standard InChI is InChI=1S/C17H12N2O9S2.2Na/c20-17(10-3-1-4-11(9-10)19(21)22)18-13-7-8-14(29(23,24)25)12-5-2-6-15(16(12)13)30(26,27)28;;/h1-9H,(H,18,20)(H,23,24,25)(H,26,27,28);;. The molecule has 0 saturated heterocycles. The fourth-order valence-corrected chi connectivity index (χ4v) is 4.26. The molecule has 0 unspecified atom stereocenters. The van der Waals surface area contributed by atoms with E-state index in [1.54, 1.807) is 0 Å². The van der Waals surface area contributed by atoms with Gasteiger partial charge in [-0.05, 0) is 24.3 Å². The first-order valence-corrected chi connectivity index (χ1v) is 10.8. The van der Waals surface area contributed by atoms with Crippen molar-refractivity contribution >= 4 is 107 Å². The van der Waals surface area contributed by atoms with Crippen LogP contribution in [0.5, 0.6) is 0 Å². The molecule has 11 nitrogen and oxygen atoms in total. The Hall–Kier alpha value is -1.39. The summed E-state index contributed by atoms with van der Waals surface area (Å²) >= 11 is 0. The van der Waals surface area contributed by atoms with E-state index in [-0.39, 0.29) is 86.8 Å². The van der Waals surface area contributed by atoms with Gasteiger partial charge in [0.25, 0.3) is 31.8 Å². The van der Waals surface area contributed by atoms with Gasteiger partial charge in [0.05, 0.1) is 10.6 Å². The number of carbonyl (C=O) groups is 1. The van der Waals surface area contributed by atoms with E-state index in [2.05, 4.69) is 5.32 Å². The zero-order valence-corrected chi connectivity index (χ0v) is 22.3. The summed E-state index contributed by atoms with van der Waals surface area (Å²) in [6, 6.07) is 9.98. The van der Waals surface area contributed by atoms with Gasteiger partial charge < -0.3 is 5.32 Å². The molecule has 0 spiro atoms. The second-order valence-electron chi connectivity index (χ2n) is 6.00. The van der Waals surface area contributed by atoms with Crippen LogP contribution in [0, 0.1) is 10.1 Å². The summed E-state index contributed by atoms with van der Waals surface area (Å²) in [6.45, 7) is 0. The number of nitrogens with zero attached hydrogens (tertiary/aromatic N) is 1. The number of nitrogens with one attached hydrogen (secondary N) is 1. The van der Waals surface area contributed by atoms with Crippen molar-refractivity contribution in [3.05, 3.63) is 70.3 Å². The molecule has 0 aliphatic carbocycles. The molecule has 15 heteroatoms. The molecular weight excluding hydrogens is 486 g/mol. The largest absolute Gasteiger partial charge is 0.321 e. The van der Waals surface area contributed by atoms with Crippen molar-refractivity contribution in [2.45, 2.75) is 9.79 Å². The van der Waals surface area contributed by atoms with Gasteiger partial charge in [-0.1, -0.05) is 18.2 Å². The summed E-state index contributed by atoms with van der Waals surface area (Å²) in [5, 5.41) is 12.6. The van der Waals surface area contributed by atoms with Gasteiger partial charge in [0.2, 0.25) is 0 Å². The van der Waals surface area contributed by atoms with Gasteiger partial charge in [-0.2, -0.15) is 16.8 Å². The van der Waals surface area contributed by atoms with Crippen molar-refractivity contribution in [1.29, 1.82) is 0 Å². The number of nitro groups is 1. The number of fused-ring (bicyclic) bond motifs is 1. The van der Waals surface area contributed by atoms with Crippen molar-refractivity contribution in [1.82, 2.24) is 0 Å². The molecule has 2 radical (unpaired) electrons. The minimum atomic E-state index is -4.85. The molecule has 3 rings (SSSR count). The average Bonchev–Trinajstić information content (AvgIpc) is 2.66. The molecule has 0 aromatic heterocycles. The Morgan fingerprint density at radius 2 is 1.47 bits per heavy atom. The fourth-order valence-electron chi connectivity index (χ4n) is 2.85. The number of amides is 1. The molecule has 0 heterocycles. The maximum absolute atomic E-state index is 12.6. The Morgan fingerprint density at radius 1 is 0.875 bits per heavy atom. The third-order valence-corrected chi connectivity index (χ3v) is 5.89. The normalized spacial score (nSPS) is 11.2. The molecule has 158 valence electrons. The topological polar surface area (TPSA) is 181 Å². The van der Waals surface area contributed by atoms with Crippen LogP contribution < -0.4 is 5.32 Å².